The van der Waals surface area contributed by atoms with Gasteiger partial charge in [0.2, 0.25) is 0 Å². The number of nitrogens with one attached hydrogen (secondary N) is 1. The molecule has 0 amide bonds. The molecule has 6 heteroatoms. The van der Waals surface area contributed by atoms with Gasteiger partial charge in [-0.15, -0.1) is 0 Å². The quantitative estimate of drug-likeness (QED) is 0.926. The highest BCUT2D eigenvalue weighted by Gasteiger charge is 2.08. The van der Waals surface area contributed by atoms with Crippen molar-refractivity contribution in [3.63, 3.8) is 0 Å². The molecule has 0 fully saturated rings. The SMILES string of the molecule is CNCc1ccc(Sc2nc(C)ns2)c(F)c1. The van der Waals surface area contributed by atoms with Crippen LogP contribution in [-0.4, -0.2) is 16.4 Å². The van der Waals surface area contributed by atoms with Gasteiger partial charge >= 0.3 is 0 Å². The maximum atomic E-state index is 13.8. The fourth-order valence-corrected chi connectivity index (χ4v) is 2.97. The summed E-state index contributed by atoms with van der Waals surface area (Å²) in [5.74, 6) is 0.514. The lowest BCUT2D eigenvalue weighted by Crippen LogP contribution is -2.05. The Morgan fingerprint density at radius 3 is 2.88 bits per heavy atom. The second-order valence-electron chi connectivity index (χ2n) is 3.50. The molecule has 0 spiro atoms. The summed E-state index contributed by atoms with van der Waals surface area (Å²) in [7, 11) is 1.84. The summed E-state index contributed by atoms with van der Waals surface area (Å²) < 4.78 is 18.6. The van der Waals surface area contributed by atoms with Crippen molar-refractivity contribution in [1.29, 1.82) is 0 Å². The third-order valence-electron chi connectivity index (χ3n) is 2.08. The van der Waals surface area contributed by atoms with E-state index in [1.165, 1.54) is 23.3 Å². The minimum absolute atomic E-state index is 0.212. The number of benzene rings is 1. The van der Waals surface area contributed by atoms with Crippen molar-refractivity contribution in [3.8, 4) is 0 Å². The number of aryl methyl sites for hydroxylation is 1. The first kappa shape index (κ1) is 12.5. The zero-order valence-corrected chi connectivity index (χ0v) is 11.2. The lowest BCUT2D eigenvalue weighted by molar-refractivity contribution is 0.598. The second kappa shape index (κ2) is 5.57. The van der Waals surface area contributed by atoms with Crippen LogP contribution in [0.5, 0.6) is 0 Å². The summed E-state index contributed by atoms with van der Waals surface area (Å²) in [6.45, 7) is 2.49. The standard InChI is InChI=1S/C11H12FN3S2/c1-7-14-11(17-15-7)16-10-4-3-8(6-13-2)5-9(10)12/h3-5,13H,6H2,1-2H3. The number of hydrogen-bond donors (Lipinski definition) is 1. The Morgan fingerprint density at radius 1 is 1.47 bits per heavy atom. The molecule has 0 aliphatic heterocycles. The van der Waals surface area contributed by atoms with Crippen LogP contribution in [0.4, 0.5) is 4.39 Å². The van der Waals surface area contributed by atoms with E-state index in [9.17, 15) is 4.39 Å². The van der Waals surface area contributed by atoms with Crippen molar-refractivity contribution in [2.24, 2.45) is 0 Å². The lowest BCUT2D eigenvalue weighted by atomic mass is 10.2. The first-order chi connectivity index (χ1) is 8.19. The van der Waals surface area contributed by atoms with Crippen molar-refractivity contribution in [2.75, 3.05) is 7.05 Å². The predicted molar refractivity (Wildman–Crippen MR) is 67.9 cm³/mol. The second-order valence-corrected chi connectivity index (χ2v) is 5.55. The molecule has 1 aromatic carbocycles. The van der Waals surface area contributed by atoms with Crippen molar-refractivity contribution < 1.29 is 4.39 Å². The number of halogens is 1. The smallest absolute Gasteiger partial charge is 0.174 e. The van der Waals surface area contributed by atoms with Gasteiger partial charge in [0.1, 0.15) is 11.6 Å². The van der Waals surface area contributed by atoms with Crippen LogP contribution in [0.2, 0.25) is 0 Å². The van der Waals surface area contributed by atoms with E-state index in [0.717, 1.165) is 15.7 Å². The van der Waals surface area contributed by atoms with E-state index in [2.05, 4.69) is 14.7 Å². The van der Waals surface area contributed by atoms with Gasteiger partial charge in [-0.1, -0.05) is 17.8 Å². The fourth-order valence-electron chi connectivity index (χ4n) is 1.35. The molecule has 2 aromatic rings. The molecule has 90 valence electrons. The van der Waals surface area contributed by atoms with E-state index in [0.29, 0.717) is 11.4 Å². The van der Waals surface area contributed by atoms with Crippen molar-refractivity contribution >= 4 is 23.3 Å². The topological polar surface area (TPSA) is 37.8 Å². The molecule has 0 radical (unpaired) electrons. The Hall–Kier alpha value is -0.980. The van der Waals surface area contributed by atoms with Crippen LogP contribution >= 0.6 is 23.3 Å². The third kappa shape index (κ3) is 3.24. The number of hydrogen-bond acceptors (Lipinski definition) is 5. The van der Waals surface area contributed by atoms with Crippen LogP contribution < -0.4 is 5.32 Å². The highest BCUT2D eigenvalue weighted by molar-refractivity contribution is 8.01. The van der Waals surface area contributed by atoms with Gasteiger partial charge in [-0.05, 0) is 43.2 Å². The van der Waals surface area contributed by atoms with Crippen LogP contribution in [0.25, 0.3) is 0 Å². The van der Waals surface area contributed by atoms with E-state index >= 15 is 0 Å². The maximum Gasteiger partial charge on any atom is 0.174 e. The van der Waals surface area contributed by atoms with E-state index in [-0.39, 0.29) is 5.82 Å². The monoisotopic (exact) mass is 269 g/mol. The van der Waals surface area contributed by atoms with Gasteiger partial charge in [0.05, 0.1) is 4.90 Å². The summed E-state index contributed by atoms with van der Waals surface area (Å²) >= 11 is 2.60. The van der Waals surface area contributed by atoms with Crippen molar-refractivity contribution in [3.05, 3.63) is 35.4 Å². The fraction of sp³-hybridized carbons (Fsp3) is 0.273. The molecule has 0 atom stereocenters. The Labute approximate surface area is 108 Å². The van der Waals surface area contributed by atoms with Gasteiger partial charge in [-0.3, -0.25) is 0 Å². The molecule has 0 bridgehead atoms. The summed E-state index contributed by atoms with van der Waals surface area (Å²) in [5, 5.41) is 2.99. The van der Waals surface area contributed by atoms with Gasteiger partial charge in [0, 0.05) is 6.54 Å². The zero-order valence-electron chi connectivity index (χ0n) is 9.53. The molecule has 3 nitrogen and oxygen atoms in total. The normalized spacial score (nSPS) is 10.8. The number of nitrogens with zero attached hydrogens (tertiary/aromatic N) is 2. The average molecular weight is 269 g/mol. The van der Waals surface area contributed by atoms with E-state index in [4.69, 9.17) is 0 Å². The van der Waals surface area contributed by atoms with Crippen molar-refractivity contribution in [2.45, 2.75) is 22.7 Å². The summed E-state index contributed by atoms with van der Waals surface area (Å²) in [6, 6.07) is 5.24. The molecule has 2 rings (SSSR count). The highest BCUT2D eigenvalue weighted by Crippen LogP contribution is 2.31. The molecular formula is C11H12FN3S2. The number of rotatable bonds is 4. The molecule has 0 aliphatic carbocycles. The Morgan fingerprint density at radius 2 is 2.29 bits per heavy atom. The van der Waals surface area contributed by atoms with E-state index < -0.39 is 0 Å². The van der Waals surface area contributed by atoms with Crippen LogP contribution in [0.1, 0.15) is 11.4 Å². The van der Waals surface area contributed by atoms with Crippen molar-refractivity contribution in [1.82, 2.24) is 14.7 Å². The van der Waals surface area contributed by atoms with E-state index in [1.54, 1.807) is 12.1 Å². The Bertz CT molecular complexity index is 513. The van der Waals surface area contributed by atoms with Crippen LogP contribution in [0.15, 0.2) is 27.4 Å². The minimum Gasteiger partial charge on any atom is -0.316 e. The molecule has 0 saturated heterocycles. The van der Waals surface area contributed by atoms with Crippen LogP contribution in [-0.2, 0) is 6.54 Å². The molecule has 0 aliphatic rings. The summed E-state index contributed by atoms with van der Waals surface area (Å²) in [4.78, 5) is 4.78. The zero-order chi connectivity index (χ0) is 12.3. The Balaban J connectivity index is 2.16. The minimum atomic E-state index is -0.212. The third-order valence-corrected chi connectivity index (χ3v) is 3.98. The molecule has 17 heavy (non-hydrogen) atoms. The molecule has 1 aromatic heterocycles. The highest BCUT2D eigenvalue weighted by atomic mass is 32.2. The summed E-state index contributed by atoms with van der Waals surface area (Å²) in [5.41, 5.74) is 0.933. The lowest BCUT2D eigenvalue weighted by Gasteiger charge is -2.03. The molecular weight excluding hydrogens is 257 g/mol. The van der Waals surface area contributed by atoms with Crippen LogP contribution in [0.3, 0.4) is 0 Å². The van der Waals surface area contributed by atoms with Gasteiger partial charge in [0.25, 0.3) is 0 Å². The van der Waals surface area contributed by atoms with Gasteiger partial charge in [0.15, 0.2) is 4.34 Å². The summed E-state index contributed by atoms with van der Waals surface area (Å²) in [6.07, 6.45) is 0. The van der Waals surface area contributed by atoms with Gasteiger partial charge in [-0.25, -0.2) is 9.37 Å². The molecule has 1 N–H and O–H groups in total. The Kier molecular flexibility index (Phi) is 4.09. The van der Waals surface area contributed by atoms with Gasteiger partial charge < -0.3 is 5.32 Å². The van der Waals surface area contributed by atoms with E-state index in [1.807, 2.05) is 20.0 Å². The van der Waals surface area contributed by atoms with Gasteiger partial charge in [-0.2, -0.15) is 4.37 Å². The number of aromatic nitrogens is 2. The first-order valence-corrected chi connectivity index (χ1v) is 6.69. The maximum absolute atomic E-state index is 13.8. The molecule has 0 unspecified atom stereocenters. The predicted octanol–water partition coefficient (Wildman–Crippen LogP) is 2.86. The van der Waals surface area contributed by atoms with Crippen LogP contribution in [0, 0.1) is 12.7 Å². The average Bonchev–Trinajstić information content (AvgIpc) is 2.69. The molecule has 1 heterocycles. The molecule has 0 saturated carbocycles. The first-order valence-electron chi connectivity index (χ1n) is 5.10. The largest absolute Gasteiger partial charge is 0.316 e.